The molecule has 4 rings (SSSR count). The number of hydrogen-bond acceptors (Lipinski definition) is 8. The highest BCUT2D eigenvalue weighted by Gasteiger charge is 2.30. The summed E-state index contributed by atoms with van der Waals surface area (Å²) >= 11 is 3.27. The Balaban J connectivity index is 1.34. The number of thiazole rings is 1. The molecule has 1 amide bonds. The fraction of sp³-hybridized carbons (Fsp3) is 0.172. The van der Waals surface area contributed by atoms with E-state index in [4.69, 9.17) is 14.6 Å². The molecule has 0 atom stereocenters. The Morgan fingerprint density at radius 2 is 1.88 bits per heavy atom. The Hall–Kier alpha value is -4.18. The van der Waals surface area contributed by atoms with Gasteiger partial charge in [0.1, 0.15) is 6.61 Å². The fourth-order valence-electron chi connectivity index (χ4n) is 3.69. The van der Waals surface area contributed by atoms with E-state index in [1.807, 2.05) is 6.92 Å². The molecule has 9 nitrogen and oxygen atoms in total. The van der Waals surface area contributed by atoms with Gasteiger partial charge in [0.25, 0.3) is 0 Å². The number of halogens is 4. The summed E-state index contributed by atoms with van der Waals surface area (Å²) in [6.07, 6.45) is -3.08. The van der Waals surface area contributed by atoms with Crippen molar-refractivity contribution in [3.8, 4) is 11.5 Å². The van der Waals surface area contributed by atoms with Crippen molar-refractivity contribution < 1.29 is 37.3 Å². The van der Waals surface area contributed by atoms with Crippen molar-refractivity contribution in [3.63, 3.8) is 0 Å². The van der Waals surface area contributed by atoms with E-state index in [1.165, 1.54) is 30.5 Å². The Morgan fingerprint density at radius 3 is 2.58 bits per heavy atom. The monoisotopic (exact) mass is 724 g/mol. The van der Waals surface area contributed by atoms with E-state index in [9.17, 15) is 22.8 Å². The molecular formula is C29H24F3IN4O5S. The van der Waals surface area contributed by atoms with E-state index in [1.54, 1.807) is 29.6 Å². The van der Waals surface area contributed by atoms with Crippen LogP contribution in [0.5, 0.6) is 11.5 Å². The van der Waals surface area contributed by atoms with Crippen molar-refractivity contribution in [2.45, 2.75) is 26.1 Å². The predicted octanol–water partition coefficient (Wildman–Crippen LogP) is 6.88. The third kappa shape index (κ3) is 9.15. The van der Waals surface area contributed by atoms with Crippen molar-refractivity contribution in [2.75, 3.05) is 11.9 Å². The average molecular weight is 724 g/mol. The second-order valence-electron chi connectivity index (χ2n) is 8.87. The summed E-state index contributed by atoms with van der Waals surface area (Å²) in [6, 6.07) is 14.7. The number of aromatic carboxylic acids is 1. The van der Waals surface area contributed by atoms with Crippen LogP contribution in [0, 0.1) is 3.57 Å². The van der Waals surface area contributed by atoms with Crippen LogP contribution in [-0.2, 0) is 24.0 Å². The summed E-state index contributed by atoms with van der Waals surface area (Å²) in [5, 5.41) is 17.9. The molecular weight excluding hydrogens is 700 g/mol. The van der Waals surface area contributed by atoms with E-state index in [-0.39, 0.29) is 24.3 Å². The number of alkyl halides is 3. The predicted molar refractivity (Wildman–Crippen MR) is 164 cm³/mol. The topological polar surface area (TPSA) is 122 Å². The Morgan fingerprint density at radius 1 is 1.12 bits per heavy atom. The largest absolute Gasteiger partial charge is 0.490 e. The summed E-state index contributed by atoms with van der Waals surface area (Å²) in [4.78, 5) is 27.7. The van der Waals surface area contributed by atoms with Crippen molar-refractivity contribution in [2.24, 2.45) is 5.10 Å². The van der Waals surface area contributed by atoms with Crippen molar-refractivity contribution in [3.05, 3.63) is 97.6 Å². The standard InChI is InChI=1S/C29H24F3IN4O5S/c1-2-41-24-11-18(10-23(33)26(24)42-15-17-6-8-19(9-7-17)27(39)40)14-34-37-25(38)13-22-16-43-28(36-22)35-21-5-3-4-20(12-21)29(30,31)32/h3-12,14,16H,2,13,15H2,1H3,(H,35,36)(H,37,38)(H,39,40)/b34-14-. The lowest BCUT2D eigenvalue weighted by Gasteiger charge is -2.15. The number of carboxylic acid groups (broad SMARTS) is 1. The fourth-order valence-corrected chi connectivity index (χ4v) is 5.20. The van der Waals surface area contributed by atoms with E-state index >= 15 is 0 Å². The number of rotatable bonds is 12. The van der Waals surface area contributed by atoms with Gasteiger partial charge in [-0.25, -0.2) is 15.2 Å². The van der Waals surface area contributed by atoms with Gasteiger partial charge in [0, 0.05) is 11.1 Å². The molecule has 43 heavy (non-hydrogen) atoms. The number of nitrogens with zero attached hydrogens (tertiary/aromatic N) is 2. The van der Waals surface area contributed by atoms with Gasteiger partial charge in [0.2, 0.25) is 5.91 Å². The van der Waals surface area contributed by atoms with Crippen LogP contribution in [0.1, 0.15) is 39.7 Å². The number of nitrogens with one attached hydrogen (secondary N) is 2. The summed E-state index contributed by atoms with van der Waals surface area (Å²) < 4.78 is 51.3. The van der Waals surface area contributed by atoms with Gasteiger partial charge in [-0.15, -0.1) is 11.3 Å². The van der Waals surface area contributed by atoms with Crippen LogP contribution in [-0.4, -0.2) is 34.8 Å². The third-order valence-corrected chi connectivity index (χ3v) is 7.26. The Labute approximate surface area is 261 Å². The number of ether oxygens (including phenoxy) is 2. The van der Waals surface area contributed by atoms with Gasteiger partial charge in [-0.05, 0) is 83.1 Å². The van der Waals surface area contributed by atoms with Gasteiger partial charge in [0.05, 0.1) is 39.6 Å². The van der Waals surface area contributed by atoms with E-state index in [0.29, 0.717) is 34.5 Å². The summed E-state index contributed by atoms with van der Waals surface area (Å²) in [6.45, 7) is 2.42. The Bertz CT molecular complexity index is 1630. The molecule has 0 saturated heterocycles. The van der Waals surface area contributed by atoms with Crippen molar-refractivity contribution in [1.29, 1.82) is 0 Å². The molecule has 3 aromatic carbocycles. The molecule has 0 fully saturated rings. The zero-order chi connectivity index (χ0) is 31.0. The molecule has 1 heterocycles. The van der Waals surface area contributed by atoms with Gasteiger partial charge < -0.3 is 19.9 Å². The first-order chi connectivity index (χ1) is 20.5. The summed E-state index contributed by atoms with van der Waals surface area (Å²) in [5.41, 5.74) is 3.95. The molecule has 224 valence electrons. The average Bonchev–Trinajstić information content (AvgIpc) is 3.39. The van der Waals surface area contributed by atoms with Gasteiger partial charge >= 0.3 is 12.1 Å². The maximum absolute atomic E-state index is 13.0. The molecule has 0 bridgehead atoms. The highest BCUT2D eigenvalue weighted by molar-refractivity contribution is 14.1. The molecule has 4 aromatic rings. The molecule has 0 aliphatic heterocycles. The number of amides is 1. The molecule has 0 unspecified atom stereocenters. The van der Waals surface area contributed by atoms with Gasteiger partial charge in [-0.3, -0.25) is 4.79 Å². The maximum atomic E-state index is 13.0. The third-order valence-electron chi connectivity index (χ3n) is 5.65. The van der Waals surface area contributed by atoms with E-state index in [2.05, 4.69) is 43.4 Å². The number of aromatic nitrogens is 1. The lowest BCUT2D eigenvalue weighted by Crippen LogP contribution is -2.20. The smallest absolute Gasteiger partial charge is 0.416 e. The molecule has 0 saturated carbocycles. The first-order valence-electron chi connectivity index (χ1n) is 12.6. The molecule has 0 aliphatic rings. The van der Waals surface area contributed by atoms with Crippen LogP contribution in [0.15, 0.2) is 71.1 Å². The zero-order valence-corrected chi connectivity index (χ0v) is 25.4. The van der Waals surface area contributed by atoms with Crippen molar-refractivity contribution in [1.82, 2.24) is 10.4 Å². The van der Waals surface area contributed by atoms with Crippen LogP contribution < -0.4 is 20.2 Å². The minimum atomic E-state index is -4.46. The second-order valence-corrected chi connectivity index (χ2v) is 10.9. The number of hydrogen-bond donors (Lipinski definition) is 3. The van der Waals surface area contributed by atoms with Gasteiger partial charge in [-0.2, -0.15) is 18.3 Å². The normalized spacial score (nSPS) is 11.4. The minimum Gasteiger partial charge on any atom is -0.490 e. The number of hydrazone groups is 1. The van der Waals surface area contributed by atoms with Crippen LogP contribution in [0.3, 0.4) is 0 Å². The van der Waals surface area contributed by atoms with E-state index in [0.717, 1.165) is 32.6 Å². The van der Waals surface area contributed by atoms with Crippen LogP contribution >= 0.6 is 33.9 Å². The lowest BCUT2D eigenvalue weighted by atomic mass is 10.1. The molecule has 0 aliphatic carbocycles. The maximum Gasteiger partial charge on any atom is 0.416 e. The first-order valence-corrected chi connectivity index (χ1v) is 14.6. The second kappa shape index (κ2) is 14.3. The number of carbonyl (C=O) groups is 2. The van der Waals surface area contributed by atoms with Crippen LogP contribution in [0.2, 0.25) is 0 Å². The number of benzene rings is 3. The number of anilines is 2. The molecule has 0 radical (unpaired) electrons. The number of carbonyl (C=O) groups excluding carboxylic acids is 1. The Kier molecular flexibility index (Phi) is 10.6. The highest BCUT2D eigenvalue weighted by Crippen LogP contribution is 2.35. The summed E-state index contributed by atoms with van der Waals surface area (Å²) in [5.74, 6) is -0.437. The number of carboxylic acids is 1. The molecule has 14 heteroatoms. The first kappa shape index (κ1) is 31.7. The molecule has 0 spiro atoms. The zero-order valence-electron chi connectivity index (χ0n) is 22.4. The van der Waals surface area contributed by atoms with Gasteiger partial charge in [-0.1, -0.05) is 18.2 Å². The van der Waals surface area contributed by atoms with Crippen molar-refractivity contribution >= 4 is 62.8 Å². The van der Waals surface area contributed by atoms with Crippen LogP contribution in [0.25, 0.3) is 0 Å². The highest BCUT2D eigenvalue weighted by atomic mass is 127. The lowest BCUT2D eigenvalue weighted by molar-refractivity contribution is -0.137. The quantitative estimate of drug-likeness (QED) is 0.0828. The molecule has 1 aromatic heterocycles. The van der Waals surface area contributed by atoms with Crippen LogP contribution in [0.4, 0.5) is 24.0 Å². The van der Waals surface area contributed by atoms with Gasteiger partial charge in [0.15, 0.2) is 16.6 Å². The minimum absolute atomic E-state index is 0.0833. The summed E-state index contributed by atoms with van der Waals surface area (Å²) in [7, 11) is 0. The molecule has 3 N–H and O–H groups in total. The van der Waals surface area contributed by atoms with E-state index < -0.39 is 23.6 Å². The SMILES string of the molecule is CCOc1cc(/C=N\NC(=O)Cc2csc(Nc3cccc(C(F)(F)F)c3)n2)cc(I)c1OCc1ccc(C(=O)O)cc1.